The summed E-state index contributed by atoms with van der Waals surface area (Å²) in [5, 5.41) is 16.2. The molecule has 9 heteroatoms. The summed E-state index contributed by atoms with van der Waals surface area (Å²) in [6.07, 6.45) is 0.713. The van der Waals surface area contributed by atoms with Crippen LogP contribution in [0.25, 0.3) is 0 Å². The lowest BCUT2D eigenvalue weighted by molar-refractivity contribution is -0.138. The normalized spacial score (nSPS) is 34.1. The number of rotatable bonds is 7. The predicted molar refractivity (Wildman–Crippen MR) is 135 cm³/mol. The number of carbonyl (C=O) groups excluding carboxylic acids is 2. The number of hydrogen-bond donors (Lipinski definition) is 3. The second-order valence-corrected chi connectivity index (χ2v) is 11.4. The number of nitrogens with zero attached hydrogens (tertiary/aromatic N) is 1. The fraction of sp³-hybridized carbons (Fsp3) is 0.692. The second-order valence-electron chi connectivity index (χ2n) is 11.4. The van der Waals surface area contributed by atoms with Crippen LogP contribution in [0.15, 0.2) is 24.3 Å². The maximum Gasteiger partial charge on any atom is 0.482 e. The molecule has 0 radical (unpaired) electrons. The Labute approximate surface area is 209 Å². The molecule has 4 rings (SSSR count). The van der Waals surface area contributed by atoms with Crippen molar-refractivity contribution in [3.05, 3.63) is 35.4 Å². The molecule has 2 amide bonds. The summed E-state index contributed by atoms with van der Waals surface area (Å²) in [5.74, 6) is 0.0346. The fourth-order valence-corrected chi connectivity index (χ4v) is 6.09. The van der Waals surface area contributed by atoms with E-state index in [1.165, 1.54) is 0 Å². The highest BCUT2D eigenvalue weighted by molar-refractivity contribution is 6.48. The molecule has 1 aromatic carbocycles. The molecular formula is C26H40BN3O5. The summed E-state index contributed by atoms with van der Waals surface area (Å²) in [5.41, 5.74) is 1.28. The smallest absolute Gasteiger partial charge is 0.404 e. The molecule has 2 aliphatic heterocycles. The number of β-amino-alcohol motifs (C(OH)–C–C–N with tert-alkyl or cyclic N) is 1. The van der Waals surface area contributed by atoms with Crippen LogP contribution in [0.3, 0.4) is 0 Å². The van der Waals surface area contributed by atoms with Crippen molar-refractivity contribution in [2.24, 2.45) is 17.3 Å². The van der Waals surface area contributed by atoms with E-state index in [4.69, 9.17) is 9.31 Å². The van der Waals surface area contributed by atoms with E-state index >= 15 is 0 Å². The van der Waals surface area contributed by atoms with Crippen LogP contribution in [0.4, 0.5) is 0 Å². The molecule has 4 unspecified atom stereocenters. The Balaban J connectivity index is 1.38. The van der Waals surface area contributed by atoms with Crippen LogP contribution >= 0.6 is 0 Å². The lowest BCUT2D eigenvalue weighted by Gasteiger charge is -2.58. The summed E-state index contributed by atoms with van der Waals surface area (Å²) in [7, 11) is 1.27. The molecule has 0 bridgehead atoms. The molecule has 6 atom stereocenters. The van der Waals surface area contributed by atoms with Crippen molar-refractivity contribution in [2.45, 2.75) is 77.8 Å². The highest BCUT2D eigenvalue weighted by Crippen LogP contribution is 2.59. The Morgan fingerprint density at radius 2 is 1.86 bits per heavy atom. The Hall–Kier alpha value is -1.94. The summed E-state index contributed by atoms with van der Waals surface area (Å²) in [4.78, 5) is 27.3. The van der Waals surface area contributed by atoms with Crippen LogP contribution in [-0.2, 0) is 20.6 Å². The van der Waals surface area contributed by atoms with Crippen molar-refractivity contribution in [1.82, 2.24) is 15.5 Å². The van der Waals surface area contributed by atoms with Gasteiger partial charge in [0.2, 0.25) is 5.91 Å². The van der Waals surface area contributed by atoms with Gasteiger partial charge in [-0.25, -0.2) is 0 Å². The third-order valence-corrected chi connectivity index (χ3v) is 8.92. The van der Waals surface area contributed by atoms with Gasteiger partial charge in [0, 0.05) is 18.7 Å². The number of aliphatic hydroxyl groups excluding tert-OH is 1. The number of likely N-dealkylation sites (tertiary alicyclic amines) is 1. The van der Waals surface area contributed by atoms with E-state index < -0.39 is 18.8 Å². The zero-order valence-corrected chi connectivity index (χ0v) is 21.8. The zero-order chi connectivity index (χ0) is 25.5. The van der Waals surface area contributed by atoms with Crippen molar-refractivity contribution in [3.63, 3.8) is 0 Å². The van der Waals surface area contributed by atoms with Gasteiger partial charge in [-0.2, -0.15) is 0 Å². The van der Waals surface area contributed by atoms with Crippen molar-refractivity contribution in [2.75, 3.05) is 20.1 Å². The Bertz CT molecular complexity index is 941. The van der Waals surface area contributed by atoms with Crippen LogP contribution in [0.5, 0.6) is 0 Å². The molecule has 3 aliphatic rings. The Kier molecular flexibility index (Phi) is 7.35. The van der Waals surface area contributed by atoms with Crippen molar-refractivity contribution >= 4 is 18.9 Å². The molecule has 3 fully saturated rings. The van der Waals surface area contributed by atoms with Crippen LogP contribution < -0.4 is 10.6 Å². The minimum absolute atomic E-state index is 0.121. The van der Waals surface area contributed by atoms with Crippen LogP contribution in [-0.4, -0.2) is 72.8 Å². The second kappa shape index (κ2) is 9.84. The SMILES string of the molecule is CNCc1ccc(C(=O)NCC(=O)N2CC(O)CC2B2OC(C)[C@](C)(C3C[C@@H](C)C3(C)C)O2)cc1. The Morgan fingerprint density at radius 3 is 2.46 bits per heavy atom. The zero-order valence-electron chi connectivity index (χ0n) is 21.8. The van der Waals surface area contributed by atoms with Crippen LogP contribution in [0, 0.1) is 17.3 Å². The first-order valence-corrected chi connectivity index (χ1v) is 12.8. The molecule has 8 nitrogen and oxygen atoms in total. The molecule has 3 N–H and O–H groups in total. The third kappa shape index (κ3) is 4.88. The van der Waals surface area contributed by atoms with E-state index in [1.807, 2.05) is 26.1 Å². The van der Waals surface area contributed by atoms with Crippen molar-refractivity contribution in [3.8, 4) is 0 Å². The number of benzene rings is 1. The minimum Gasteiger partial charge on any atom is -0.404 e. The van der Waals surface area contributed by atoms with Gasteiger partial charge in [0.05, 0.1) is 30.3 Å². The summed E-state index contributed by atoms with van der Waals surface area (Å²) < 4.78 is 12.8. The van der Waals surface area contributed by atoms with E-state index in [0.29, 0.717) is 23.8 Å². The van der Waals surface area contributed by atoms with Gasteiger partial charge in [0.1, 0.15) is 0 Å². The van der Waals surface area contributed by atoms with E-state index in [-0.39, 0.29) is 42.4 Å². The van der Waals surface area contributed by atoms with Gasteiger partial charge >= 0.3 is 7.12 Å². The summed E-state index contributed by atoms with van der Waals surface area (Å²) >= 11 is 0. The van der Waals surface area contributed by atoms with E-state index in [2.05, 4.69) is 38.3 Å². The molecular weight excluding hydrogens is 445 g/mol. The first kappa shape index (κ1) is 26.1. The highest BCUT2D eigenvalue weighted by atomic mass is 16.7. The van der Waals surface area contributed by atoms with Crippen LogP contribution in [0.1, 0.15) is 63.4 Å². The van der Waals surface area contributed by atoms with E-state index in [1.54, 1.807) is 17.0 Å². The average Bonchev–Trinajstić information content (AvgIpc) is 3.35. The maximum absolute atomic E-state index is 13.1. The molecule has 2 heterocycles. The molecule has 1 aliphatic carbocycles. The lowest BCUT2D eigenvalue weighted by atomic mass is 9.50. The third-order valence-electron chi connectivity index (χ3n) is 8.92. The van der Waals surface area contributed by atoms with E-state index in [9.17, 15) is 14.7 Å². The van der Waals surface area contributed by atoms with Gasteiger partial charge in [-0.05, 0) is 68.7 Å². The average molecular weight is 485 g/mol. The molecule has 2 saturated heterocycles. The largest absolute Gasteiger partial charge is 0.482 e. The minimum atomic E-state index is -0.645. The van der Waals surface area contributed by atoms with Gasteiger partial charge in [-0.3, -0.25) is 9.59 Å². The van der Waals surface area contributed by atoms with Gasteiger partial charge in [-0.15, -0.1) is 0 Å². The summed E-state index contributed by atoms with van der Waals surface area (Å²) in [6.45, 7) is 11.8. The molecule has 0 aromatic heterocycles. The van der Waals surface area contributed by atoms with Gasteiger partial charge in [0.15, 0.2) is 0 Å². The lowest BCUT2D eigenvalue weighted by Crippen LogP contribution is -2.58. The van der Waals surface area contributed by atoms with Gasteiger partial charge in [-0.1, -0.05) is 32.9 Å². The van der Waals surface area contributed by atoms with Crippen molar-refractivity contribution < 1.29 is 24.0 Å². The van der Waals surface area contributed by atoms with E-state index in [0.717, 1.165) is 18.5 Å². The number of nitrogens with one attached hydrogen (secondary N) is 2. The molecule has 1 aromatic rings. The maximum atomic E-state index is 13.1. The first-order valence-electron chi connectivity index (χ1n) is 12.8. The number of amides is 2. The molecule has 192 valence electrons. The molecule has 1 saturated carbocycles. The Morgan fingerprint density at radius 1 is 1.17 bits per heavy atom. The number of hydrogen-bond acceptors (Lipinski definition) is 6. The predicted octanol–water partition coefficient (Wildman–Crippen LogP) is 2.00. The monoisotopic (exact) mass is 485 g/mol. The van der Waals surface area contributed by atoms with Crippen LogP contribution in [0.2, 0.25) is 0 Å². The number of carbonyl (C=O) groups is 2. The first-order chi connectivity index (χ1) is 16.5. The molecule has 0 spiro atoms. The van der Waals surface area contributed by atoms with Gasteiger partial charge in [0.25, 0.3) is 5.91 Å². The topological polar surface area (TPSA) is 100 Å². The number of aliphatic hydroxyl groups is 1. The fourth-order valence-electron chi connectivity index (χ4n) is 6.09. The highest BCUT2D eigenvalue weighted by Gasteiger charge is 2.62. The standard InChI is InChI=1S/C26H40BN3O5/c1-16-11-21(25(16,3)4)26(5)17(2)34-27(35-26)22-12-20(31)15-30(22)23(32)14-29-24(33)19-9-7-18(8-10-19)13-28-6/h7-10,16-17,20-22,28,31H,11-15H2,1-6H3,(H,29,33)/t16-,17?,20?,21?,22?,26-/m1/s1. The van der Waals surface area contributed by atoms with Gasteiger partial charge < -0.3 is 29.9 Å². The molecule has 35 heavy (non-hydrogen) atoms. The van der Waals surface area contributed by atoms with Crippen molar-refractivity contribution in [1.29, 1.82) is 0 Å². The quantitative estimate of drug-likeness (QED) is 0.511. The summed E-state index contributed by atoms with van der Waals surface area (Å²) in [6, 6.07) is 7.27.